The average molecular weight is 387 g/mol. The average Bonchev–Trinajstić information content (AvgIpc) is 2.66. The highest BCUT2D eigenvalue weighted by molar-refractivity contribution is 7.92. The Morgan fingerprint density at radius 3 is 2.15 bits per heavy atom. The number of nitrogens with zero attached hydrogens (tertiary/aromatic N) is 1. The van der Waals surface area contributed by atoms with Crippen LogP contribution in [0.1, 0.15) is 11.1 Å². The molecular weight excluding hydrogens is 372 g/mol. The molecule has 0 heterocycles. The van der Waals surface area contributed by atoms with E-state index < -0.39 is 10.0 Å². The third-order valence-electron chi connectivity index (χ3n) is 3.68. The molecule has 0 saturated heterocycles. The minimum Gasteiger partial charge on any atom is -0.410 e. The van der Waals surface area contributed by atoms with Gasteiger partial charge in [-0.05, 0) is 30.3 Å². The van der Waals surface area contributed by atoms with Crippen molar-refractivity contribution >= 4 is 33.0 Å². The number of oxime groups is 1. The van der Waals surface area contributed by atoms with Gasteiger partial charge in [-0.15, -0.1) is 0 Å². The van der Waals surface area contributed by atoms with Gasteiger partial charge in [-0.25, -0.2) is 8.42 Å². The van der Waals surface area contributed by atoms with Crippen LogP contribution in [-0.4, -0.2) is 19.3 Å². The van der Waals surface area contributed by atoms with Crippen molar-refractivity contribution in [1.82, 2.24) is 0 Å². The van der Waals surface area contributed by atoms with Crippen LogP contribution in [0.25, 0.3) is 0 Å². The normalized spacial score (nSPS) is 12.0. The lowest BCUT2D eigenvalue weighted by Crippen LogP contribution is -2.16. The molecule has 0 aliphatic rings. The van der Waals surface area contributed by atoms with Gasteiger partial charge in [-0.3, -0.25) is 4.72 Å². The fraction of sp³-hybridized carbons (Fsp3) is 0. The van der Waals surface area contributed by atoms with E-state index in [0.717, 1.165) is 0 Å². The van der Waals surface area contributed by atoms with Gasteiger partial charge >= 0.3 is 0 Å². The predicted molar refractivity (Wildman–Crippen MR) is 103 cm³/mol. The number of halogens is 1. The van der Waals surface area contributed by atoms with Gasteiger partial charge in [0.05, 0.1) is 10.6 Å². The first kappa shape index (κ1) is 18.0. The summed E-state index contributed by atoms with van der Waals surface area (Å²) < 4.78 is 27.8. The van der Waals surface area contributed by atoms with E-state index in [4.69, 9.17) is 11.6 Å². The smallest absolute Gasteiger partial charge is 0.261 e. The molecule has 2 N–H and O–H groups in total. The number of hydrogen-bond donors (Lipinski definition) is 2. The SMILES string of the molecule is O=S(=O)(Nc1ccc(Cl)cc1/C(=N/O)c1ccccc1)c1ccccc1. The zero-order valence-corrected chi connectivity index (χ0v) is 15.1. The molecule has 0 amide bonds. The minimum atomic E-state index is -3.80. The quantitative estimate of drug-likeness (QED) is 0.388. The molecule has 132 valence electrons. The molecule has 0 aliphatic heterocycles. The molecule has 7 heteroatoms. The van der Waals surface area contributed by atoms with Gasteiger partial charge in [0.1, 0.15) is 5.71 Å². The summed E-state index contributed by atoms with van der Waals surface area (Å²) in [5, 5.41) is 13.3. The van der Waals surface area contributed by atoms with Crippen LogP contribution < -0.4 is 4.72 Å². The summed E-state index contributed by atoms with van der Waals surface area (Å²) in [6, 6.07) is 21.6. The molecule has 3 aromatic rings. The molecule has 3 rings (SSSR count). The Kier molecular flexibility index (Phi) is 5.25. The molecular formula is C19H15ClN2O3S. The molecule has 0 fully saturated rings. The summed E-state index contributed by atoms with van der Waals surface area (Å²) in [5.41, 5.74) is 1.46. The van der Waals surface area contributed by atoms with E-state index in [0.29, 0.717) is 16.1 Å². The highest BCUT2D eigenvalue weighted by Crippen LogP contribution is 2.26. The second kappa shape index (κ2) is 7.59. The van der Waals surface area contributed by atoms with Gasteiger partial charge in [0, 0.05) is 16.1 Å². The highest BCUT2D eigenvalue weighted by Gasteiger charge is 2.19. The van der Waals surface area contributed by atoms with E-state index in [1.165, 1.54) is 18.2 Å². The lowest BCUT2D eigenvalue weighted by atomic mass is 10.0. The number of hydrogen-bond acceptors (Lipinski definition) is 4. The van der Waals surface area contributed by atoms with Crippen LogP contribution >= 0.6 is 11.6 Å². The fourth-order valence-electron chi connectivity index (χ4n) is 2.47. The Labute approximate surface area is 156 Å². The molecule has 0 unspecified atom stereocenters. The molecule has 0 saturated carbocycles. The standard InChI is InChI=1S/C19H15ClN2O3S/c20-15-11-12-18(22-26(24,25)16-9-5-2-6-10-16)17(13-15)19(21-23)14-7-3-1-4-8-14/h1-13,22-23H/b21-19+. The summed E-state index contributed by atoms with van der Waals surface area (Å²) in [6.07, 6.45) is 0. The second-order valence-electron chi connectivity index (χ2n) is 5.42. The summed E-state index contributed by atoms with van der Waals surface area (Å²) >= 11 is 6.08. The molecule has 26 heavy (non-hydrogen) atoms. The Morgan fingerprint density at radius 2 is 1.54 bits per heavy atom. The first-order valence-electron chi connectivity index (χ1n) is 7.66. The van der Waals surface area contributed by atoms with Gasteiger partial charge in [0.15, 0.2) is 0 Å². The maximum atomic E-state index is 12.6. The monoisotopic (exact) mass is 386 g/mol. The third-order valence-corrected chi connectivity index (χ3v) is 5.30. The lowest BCUT2D eigenvalue weighted by molar-refractivity contribution is 0.319. The predicted octanol–water partition coefficient (Wildman–Crippen LogP) is 4.37. The Balaban J connectivity index is 2.07. The Morgan fingerprint density at radius 1 is 0.923 bits per heavy atom. The summed E-state index contributed by atoms with van der Waals surface area (Å²) in [7, 11) is -3.80. The van der Waals surface area contributed by atoms with E-state index in [9.17, 15) is 13.6 Å². The van der Waals surface area contributed by atoms with Gasteiger partial charge in [-0.2, -0.15) is 0 Å². The van der Waals surface area contributed by atoms with Crippen LogP contribution in [0.5, 0.6) is 0 Å². The van der Waals surface area contributed by atoms with Crippen molar-refractivity contribution in [2.45, 2.75) is 4.90 Å². The number of benzene rings is 3. The van der Waals surface area contributed by atoms with Crippen LogP contribution in [0.3, 0.4) is 0 Å². The largest absolute Gasteiger partial charge is 0.410 e. The van der Waals surface area contributed by atoms with Crippen molar-refractivity contribution in [1.29, 1.82) is 0 Å². The number of nitrogens with one attached hydrogen (secondary N) is 1. The maximum Gasteiger partial charge on any atom is 0.261 e. The van der Waals surface area contributed by atoms with Gasteiger partial charge in [0.25, 0.3) is 10.0 Å². The maximum absolute atomic E-state index is 12.6. The highest BCUT2D eigenvalue weighted by atomic mass is 35.5. The zero-order valence-electron chi connectivity index (χ0n) is 13.5. The third kappa shape index (κ3) is 3.87. The molecule has 0 atom stereocenters. The lowest BCUT2D eigenvalue weighted by Gasteiger charge is -2.14. The van der Waals surface area contributed by atoms with E-state index in [-0.39, 0.29) is 16.3 Å². The minimum absolute atomic E-state index is 0.128. The molecule has 3 aromatic carbocycles. The first-order chi connectivity index (χ1) is 12.5. The van der Waals surface area contributed by atoms with E-state index >= 15 is 0 Å². The topological polar surface area (TPSA) is 78.8 Å². The molecule has 0 aromatic heterocycles. The zero-order chi connectivity index (χ0) is 18.6. The van der Waals surface area contributed by atoms with E-state index in [1.807, 2.05) is 6.07 Å². The second-order valence-corrected chi connectivity index (χ2v) is 7.54. The number of sulfonamides is 1. The molecule has 0 aliphatic carbocycles. The van der Waals surface area contributed by atoms with Crippen molar-refractivity contribution < 1.29 is 13.6 Å². The number of rotatable bonds is 5. The summed E-state index contributed by atoms with van der Waals surface area (Å²) in [5.74, 6) is 0. The van der Waals surface area contributed by atoms with Gasteiger partial charge in [-0.1, -0.05) is 65.3 Å². The fourth-order valence-corrected chi connectivity index (χ4v) is 3.74. The van der Waals surface area contributed by atoms with Gasteiger partial charge < -0.3 is 5.21 Å². The van der Waals surface area contributed by atoms with E-state index in [1.54, 1.807) is 54.6 Å². The van der Waals surface area contributed by atoms with Crippen LogP contribution in [0.4, 0.5) is 5.69 Å². The summed E-state index contributed by atoms with van der Waals surface area (Å²) in [4.78, 5) is 0.128. The Bertz CT molecular complexity index is 1040. The van der Waals surface area contributed by atoms with Crippen LogP contribution in [-0.2, 0) is 10.0 Å². The number of anilines is 1. The van der Waals surface area contributed by atoms with Crippen LogP contribution in [0.2, 0.25) is 5.02 Å². The first-order valence-corrected chi connectivity index (χ1v) is 9.52. The van der Waals surface area contributed by atoms with E-state index in [2.05, 4.69) is 9.88 Å². The molecule has 0 spiro atoms. The van der Waals surface area contributed by atoms with Crippen molar-refractivity contribution in [3.8, 4) is 0 Å². The Hall–Kier alpha value is -2.83. The molecule has 0 bridgehead atoms. The molecule has 0 radical (unpaired) electrons. The van der Waals surface area contributed by atoms with Crippen molar-refractivity contribution in [3.05, 3.63) is 95.0 Å². The van der Waals surface area contributed by atoms with Gasteiger partial charge in [0.2, 0.25) is 0 Å². The van der Waals surface area contributed by atoms with Crippen molar-refractivity contribution in [2.75, 3.05) is 4.72 Å². The van der Waals surface area contributed by atoms with Crippen molar-refractivity contribution in [3.63, 3.8) is 0 Å². The molecule has 5 nitrogen and oxygen atoms in total. The van der Waals surface area contributed by atoms with Crippen molar-refractivity contribution in [2.24, 2.45) is 5.16 Å². The summed E-state index contributed by atoms with van der Waals surface area (Å²) in [6.45, 7) is 0. The van der Waals surface area contributed by atoms with Crippen LogP contribution in [0.15, 0.2) is 88.9 Å². The van der Waals surface area contributed by atoms with Crippen LogP contribution in [0, 0.1) is 0 Å².